The summed E-state index contributed by atoms with van der Waals surface area (Å²) in [5.41, 5.74) is 3.82. The van der Waals surface area contributed by atoms with E-state index in [0.717, 1.165) is 75.6 Å². The van der Waals surface area contributed by atoms with Crippen molar-refractivity contribution in [2.45, 2.75) is 19.5 Å². The van der Waals surface area contributed by atoms with Crippen molar-refractivity contribution in [2.24, 2.45) is 0 Å². The molecule has 2 aliphatic heterocycles. The fourth-order valence-corrected chi connectivity index (χ4v) is 4.46. The van der Waals surface area contributed by atoms with Crippen LogP contribution in [0.4, 0.5) is 17.7 Å². The van der Waals surface area contributed by atoms with Crippen LogP contribution in [0.2, 0.25) is 0 Å². The summed E-state index contributed by atoms with van der Waals surface area (Å²) < 4.78 is 0. The Hall–Kier alpha value is -3.26. The second-order valence-corrected chi connectivity index (χ2v) is 8.64. The molecule has 8 heteroatoms. The highest BCUT2D eigenvalue weighted by atomic mass is 15.3. The average Bonchev–Trinajstić information content (AvgIpc) is 2.84. The zero-order valence-electron chi connectivity index (χ0n) is 18.9. The van der Waals surface area contributed by atoms with E-state index in [4.69, 9.17) is 9.97 Å². The molecule has 0 aliphatic carbocycles. The van der Waals surface area contributed by atoms with Crippen LogP contribution < -0.4 is 14.7 Å². The molecule has 0 radical (unpaired) electrons. The topological polar surface area (TPSA) is 64.5 Å². The first-order valence-corrected chi connectivity index (χ1v) is 11.3. The van der Waals surface area contributed by atoms with Crippen LogP contribution in [0, 0.1) is 0 Å². The van der Waals surface area contributed by atoms with Crippen LogP contribution >= 0.6 is 0 Å². The van der Waals surface area contributed by atoms with E-state index in [1.54, 1.807) is 12.4 Å². The van der Waals surface area contributed by atoms with Gasteiger partial charge in [-0.3, -0.25) is 4.90 Å². The molecule has 1 fully saturated rings. The molecule has 2 aliphatic rings. The molecule has 3 aromatic rings. The highest BCUT2D eigenvalue weighted by Crippen LogP contribution is 2.30. The van der Waals surface area contributed by atoms with Gasteiger partial charge < -0.3 is 14.7 Å². The number of rotatable bonds is 5. The number of fused-ring (bicyclic) bond motifs is 1. The molecule has 0 spiro atoms. The lowest BCUT2D eigenvalue weighted by Gasteiger charge is -2.38. The zero-order valence-corrected chi connectivity index (χ0v) is 18.9. The first-order valence-electron chi connectivity index (χ1n) is 11.3. The Morgan fingerprint density at radius 2 is 1.56 bits per heavy atom. The normalized spacial score (nSPS) is 16.7. The highest BCUT2D eigenvalue weighted by molar-refractivity contribution is 5.55. The molecule has 0 bridgehead atoms. The third-order valence-corrected chi connectivity index (χ3v) is 6.17. The summed E-state index contributed by atoms with van der Waals surface area (Å²) in [7, 11) is 4.03. The Labute approximate surface area is 189 Å². The van der Waals surface area contributed by atoms with Gasteiger partial charge in [0.1, 0.15) is 5.82 Å². The number of benzene rings is 1. The van der Waals surface area contributed by atoms with E-state index in [2.05, 4.69) is 55.0 Å². The predicted molar refractivity (Wildman–Crippen MR) is 127 cm³/mol. The second-order valence-electron chi connectivity index (χ2n) is 8.64. The van der Waals surface area contributed by atoms with E-state index >= 15 is 0 Å². The molecule has 0 N–H and O–H groups in total. The average molecular weight is 431 g/mol. The van der Waals surface area contributed by atoms with Gasteiger partial charge in [-0.25, -0.2) is 15.0 Å². The Morgan fingerprint density at radius 3 is 2.28 bits per heavy atom. The van der Waals surface area contributed by atoms with Gasteiger partial charge in [-0.15, -0.1) is 0 Å². The van der Waals surface area contributed by atoms with E-state index in [0.29, 0.717) is 0 Å². The maximum absolute atomic E-state index is 4.99. The first kappa shape index (κ1) is 20.6. The van der Waals surface area contributed by atoms with Crippen LogP contribution in [-0.2, 0) is 19.5 Å². The van der Waals surface area contributed by atoms with Gasteiger partial charge in [-0.1, -0.05) is 30.3 Å². The van der Waals surface area contributed by atoms with Gasteiger partial charge in [-0.05, 0) is 18.1 Å². The molecule has 1 aromatic carbocycles. The maximum Gasteiger partial charge on any atom is 0.227 e. The summed E-state index contributed by atoms with van der Waals surface area (Å²) in [6, 6.07) is 12.5. The Kier molecular flexibility index (Phi) is 5.85. The van der Waals surface area contributed by atoms with Gasteiger partial charge in [0.25, 0.3) is 0 Å². The van der Waals surface area contributed by atoms with Gasteiger partial charge in [0.2, 0.25) is 11.9 Å². The maximum atomic E-state index is 4.99. The van der Waals surface area contributed by atoms with Crippen LogP contribution in [0.1, 0.15) is 16.8 Å². The lowest BCUT2D eigenvalue weighted by Crippen LogP contribution is -2.48. The minimum Gasteiger partial charge on any atom is -0.353 e. The fraction of sp³-hybridized carbons (Fsp3) is 0.417. The smallest absolute Gasteiger partial charge is 0.227 e. The number of hydrogen-bond donors (Lipinski definition) is 0. The number of hydrogen-bond acceptors (Lipinski definition) is 8. The molecule has 1 saturated heterocycles. The SMILES string of the molecule is CN(C)c1nc2c(c(N3CCN(c4ncccn4)CC3)n1)CCN(Cc1ccccc1)C2. The Bertz CT molecular complexity index is 1030. The van der Waals surface area contributed by atoms with Gasteiger partial charge in [-0.2, -0.15) is 4.98 Å². The molecule has 0 saturated carbocycles. The van der Waals surface area contributed by atoms with Crippen molar-refractivity contribution in [1.82, 2.24) is 24.8 Å². The number of piperazine rings is 1. The lowest BCUT2D eigenvalue weighted by molar-refractivity contribution is 0.241. The molecule has 166 valence electrons. The largest absolute Gasteiger partial charge is 0.353 e. The standard InChI is InChI=1S/C24H30N8/c1-29(2)24-27-21-18-30(17-19-7-4-3-5-8-19)12-9-20(21)22(28-24)31-13-15-32(16-14-31)23-25-10-6-11-26-23/h3-8,10-11H,9,12-18H2,1-2H3. The summed E-state index contributed by atoms with van der Waals surface area (Å²) in [6.45, 7) is 6.42. The summed E-state index contributed by atoms with van der Waals surface area (Å²) >= 11 is 0. The molecule has 5 rings (SSSR count). The van der Waals surface area contributed by atoms with E-state index in [1.807, 2.05) is 25.1 Å². The quantitative estimate of drug-likeness (QED) is 0.611. The fourth-order valence-electron chi connectivity index (χ4n) is 4.46. The Morgan fingerprint density at radius 1 is 0.844 bits per heavy atom. The summed E-state index contributed by atoms with van der Waals surface area (Å²) in [5.74, 6) is 2.70. The predicted octanol–water partition coefficient (Wildman–Crippen LogP) is 2.22. The van der Waals surface area contributed by atoms with Crippen molar-refractivity contribution in [3.63, 3.8) is 0 Å². The molecule has 4 heterocycles. The first-order chi connectivity index (χ1) is 15.7. The third-order valence-electron chi connectivity index (χ3n) is 6.17. The molecule has 2 aromatic heterocycles. The van der Waals surface area contributed by atoms with E-state index in [1.165, 1.54) is 11.1 Å². The van der Waals surface area contributed by atoms with Crippen molar-refractivity contribution in [2.75, 3.05) is 61.5 Å². The number of aromatic nitrogens is 4. The summed E-state index contributed by atoms with van der Waals surface area (Å²) in [4.78, 5) is 27.9. The van der Waals surface area contributed by atoms with Crippen LogP contribution in [0.25, 0.3) is 0 Å². The third kappa shape index (κ3) is 4.36. The van der Waals surface area contributed by atoms with Crippen molar-refractivity contribution in [3.8, 4) is 0 Å². The van der Waals surface area contributed by atoms with E-state index < -0.39 is 0 Å². The van der Waals surface area contributed by atoms with Gasteiger partial charge in [0, 0.05) is 77.9 Å². The highest BCUT2D eigenvalue weighted by Gasteiger charge is 2.28. The molecule has 32 heavy (non-hydrogen) atoms. The second kappa shape index (κ2) is 9.08. The van der Waals surface area contributed by atoms with Crippen LogP contribution in [0.15, 0.2) is 48.8 Å². The summed E-state index contributed by atoms with van der Waals surface area (Å²) in [5, 5.41) is 0. The van der Waals surface area contributed by atoms with Gasteiger partial charge in [0.05, 0.1) is 5.69 Å². The monoisotopic (exact) mass is 430 g/mol. The van der Waals surface area contributed by atoms with Gasteiger partial charge in [0.15, 0.2) is 0 Å². The minimum atomic E-state index is 0.786. The number of anilines is 3. The summed E-state index contributed by atoms with van der Waals surface area (Å²) in [6.07, 6.45) is 4.59. The van der Waals surface area contributed by atoms with Crippen molar-refractivity contribution in [3.05, 3.63) is 65.6 Å². The molecular formula is C24H30N8. The molecule has 0 unspecified atom stereocenters. The molecular weight excluding hydrogens is 400 g/mol. The molecule has 0 atom stereocenters. The van der Waals surface area contributed by atoms with Crippen molar-refractivity contribution in [1.29, 1.82) is 0 Å². The number of nitrogens with zero attached hydrogens (tertiary/aromatic N) is 8. The zero-order chi connectivity index (χ0) is 21.9. The van der Waals surface area contributed by atoms with Crippen LogP contribution in [0.3, 0.4) is 0 Å². The van der Waals surface area contributed by atoms with E-state index in [9.17, 15) is 0 Å². The van der Waals surface area contributed by atoms with Gasteiger partial charge >= 0.3 is 0 Å². The van der Waals surface area contributed by atoms with Crippen molar-refractivity contribution >= 4 is 17.7 Å². The van der Waals surface area contributed by atoms with Crippen LogP contribution in [0.5, 0.6) is 0 Å². The molecule has 8 nitrogen and oxygen atoms in total. The van der Waals surface area contributed by atoms with Crippen molar-refractivity contribution < 1.29 is 0 Å². The van der Waals surface area contributed by atoms with E-state index in [-0.39, 0.29) is 0 Å². The molecule has 0 amide bonds. The minimum absolute atomic E-state index is 0.786. The van der Waals surface area contributed by atoms with Crippen LogP contribution in [-0.4, -0.2) is 71.7 Å². The Balaban J connectivity index is 1.36. The lowest BCUT2D eigenvalue weighted by atomic mass is 10.0.